The first-order chi connectivity index (χ1) is 26.1. The van der Waals surface area contributed by atoms with Gasteiger partial charge in [-0.25, -0.2) is 0 Å². The van der Waals surface area contributed by atoms with Crippen LogP contribution in [-0.4, -0.2) is 110 Å². The van der Waals surface area contributed by atoms with Crippen molar-refractivity contribution in [2.24, 2.45) is 0 Å². The summed E-state index contributed by atoms with van der Waals surface area (Å²) < 4.78 is 0. The van der Waals surface area contributed by atoms with Crippen molar-refractivity contribution in [3.05, 3.63) is 131 Å². The van der Waals surface area contributed by atoms with Crippen LogP contribution in [0.25, 0.3) is 12.2 Å². The number of hydroxylamine groups is 2. The van der Waals surface area contributed by atoms with E-state index in [0.29, 0.717) is 38.2 Å². The summed E-state index contributed by atoms with van der Waals surface area (Å²) in [6, 6.07) is 34.7. The minimum atomic E-state index is -0.536. The molecule has 4 atom stereocenters. The van der Waals surface area contributed by atoms with Crippen molar-refractivity contribution in [2.75, 3.05) is 58.5 Å². The van der Waals surface area contributed by atoms with Gasteiger partial charge in [0, 0.05) is 36.5 Å². The fourth-order valence-electron chi connectivity index (χ4n) is 7.05. The number of hydrogen-bond acceptors (Lipinski definition) is 7. The van der Waals surface area contributed by atoms with Crippen LogP contribution in [0, 0.1) is 0 Å². The van der Waals surface area contributed by atoms with Crippen LogP contribution in [0.4, 0.5) is 11.4 Å². The van der Waals surface area contributed by atoms with Crippen molar-refractivity contribution in [3.63, 3.8) is 0 Å². The molecule has 2 aliphatic rings. The topological polar surface area (TPSA) is 97.5 Å². The molecule has 54 heavy (non-hydrogen) atoms. The maximum Gasteiger partial charge on any atom is 0.247 e. The first-order valence-electron chi connectivity index (χ1n) is 18.7. The van der Waals surface area contributed by atoms with E-state index in [-0.39, 0.29) is 42.3 Å². The summed E-state index contributed by atoms with van der Waals surface area (Å²) in [5.74, 6) is -0.295. The lowest BCUT2D eigenvalue weighted by Gasteiger charge is -2.24. The maximum atomic E-state index is 13.5. The van der Waals surface area contributed by atoms with Gasteiger partial charge in [-0.2, -0.15) is 5.06 Å². The lowest BCUT2D eigenvalue weighted by atomic mass is 10.1. The summed E-state index contributed by atoms with van der Waals surface area (Å²) in [6.07, 6.45) is 6.35. The Balaban J connectivity index is 1.01. The van der Waals surface area contributed by atoms with E-state index in [4.69, 9.17) is 4.84 Å². The molecule has 2 fully saturated rings. The molecule has 4 aromatic carbocycles. The molecule has 282 valence electrons. The molecule has 2 aliphatic heterocycles. The SMILES string of the molecule is CN(C)[C@H]1C[C@@H](C(=O)Nc2ccc(/C=C/c3ccc(NC(=O)[C@@H]4C[C@H](N(C)C)CN4C(=O)Cc4ccccc4)cc3)cc2)N(OCCc2ccccc2)C1. The number of anilines is 2. The Morgan fingerprint density at radius 1 is 0.648 bits per heavy atom. The number of nitrogens with zero attached hydrogens (tertiary/aromatic N) is 4. The van der Waals surface area contributed by atoms with E-state index < -0.39 is 6.04 Å². The molecule has 6 rings (SSSR count). The number of carbonyl (C=O) groups is 3. The van der Waals surface area contributed by atoms with Crippen LogP contribution >= 0.6 is 0 Å². The van der Waals surface area contributed by atoms with Gasteiger partial charge in [0.05, 0.1) is 13.0 Å². The fraction of sp³-hybridized carbons (Fsp3) is 0.341. The zero-order valence-electron chi connectivity index (χ0n) is 31.7. The van der Waals surface area contributed by atoms with Crippen LogP contribution < -0.4 is 10.6 Å². The Morgan fingerprint density at radius 2 is 1.13 bits per heavy atom. The molecule has 4 aromatic rings. The summed E-state index contributed by atoms with van der Waals surface area (Å²) in [7, 11) is 8.04. The summed E-state index contributed by atoms with van der Waals surface area (Å²) >= 11 is 0. The second kappa shape index (κ2) is 18.3. The summed E-state index contributed by atoms with van der Waals surface area (Å²) in [6.45, 7) is 1.71. The van der Waals surface area contributed by atoms with Crippen molar-refractivity contribution in [1.29, 1.82) is 0 Å². The molecule has 10 nitrogen and oxygen atoms in total. The Labute approximate surface area is 319 Å². The summed E-state index contributed by atoms with van der Waals surface area (Å²) in [5.41, 5.74) is 5.52. The molecule has 0 radical (unpaired) electrons. The van der Waals surface area contributed by atoms with E-state index in [1.54, 1.807) is 4.90 Å². The molecule has 0 unspecified atom stereocenters. The van der Waals surface area contributed by atoms with Gasteiger partial charge in [0.1, 0.15) is 12.1 Å². The van der Waals surface area contributed by atoms with Crippen LogP contribution in [0.1, 0.15) is 35.1 Å². The highest BCUT2D eigenvalue weighted by Gasteiger charge is 2.41. The van der Waals surface area contributed by atoms with Crippen LogP contribution in [0.5, 0.6) is 0 Å². The first kappa shape index (κ1) is 38.6. The number of carbonyl (C=O) groups excluding carboxylic acids is 3. The van der Waals surface area contributed by atoms with Crippen LogP contribution in [0.2, 0.25) is 0 Å². The lowest BCUT2D eigenvalue weighted by molar-refractivity contribution is -0.174. The van der Waals surface area contributed by atoms with E-state index in [1.807, 2.05) is 142 Å². The van der Waals surface area contributed by atoms with Crippen LogP contribution in [-0.2, 0) is 32.1 Å². The van der Waals surface area contributed by atoms with E-state index in [9.17, 15) is 14.4 Å². The minimum absolute atomic E-state index is 0.0417. The smallest absolute Gasteiger partial charge is 0.247 e. The predicted octanol–water partition coefficient (Wildman–Crippen LogP) is 5.69. The van der Waals surface area contributed by atoms with E-state index in [1.165, 1.54) is 5.56 Å². The van der Waals surface area contributed by atoms with Crippen molar-refractivity contribution in [2.45, 2.75) is 49.9 Å². The van der Waals surface area contributed by atoms with Gasteiger partial charge >= 0.3 is 0 Å². The second-order valence-corrected chi connectivity index (χ2v) is 14.7. The number of nitrogens with one attached hydrogen (secondary N) is 2. The van der Waals surface area contributed by atoms with Gasteiger partial charge in [-0.1, -0.05) is 97.1 Å². The van der Waals surface area contributed by atoms with Crippen LogP contribution in [0.15, 0.2) is 109 Å². The first-order valence-corrected chi connectivity index (χ1v) is 18.7. The summed E-state index contributed by atoms with van der Waals surface area (Å²) in [5, 5.41) is 7.97. The average molecular weight is 729 g/mol. The standard InChI is InChI=1S/C44H52N6O4/c1-47(2)38-28-40(49(30-38)42(51)27-35-13-9-6-10-14-35)43(52)45-36-21-17-33(18-22-36)15-16-34-19-23-37(24-20-34)46-44(53)41-29-39(48(3)4)31-50(41)54-26-25-32-11-7-5-8-12-32/h5-24,38-41H,25-31H2,1-4H3,(H,45,52)(H,46,53)/b16-15+/t38-,39-,40-,41-/m0/s1. The molecule has 0 saturated carbocycles. The number of amides is 3. The molecule has 0 bridgehead atoms. The molecule has 2 N–H and O–H groups in total. The molecular weight excluding hydrogens is 677 g/mol. The van der Waals surface area contributed by atoms with Gasteiger partial charge in [-0.3, -0.25) is 19.2 Å². The van der Waals surface area contributed by atoms with Gasteiger partial charge in [0.25, 0.3) is 0 Å². The van der Waals surface area contributed by atoms with E-state index in [2.05, 4.69) is 32.6 Å². The highest BCUT2D eigenvalue weighted by Crippen LogP contribution is 2.26. The molecular formula is C44H52N6O4. The van der Waals surface area contributed by atoms with Crippen molar-refractivity contribution in [1.82, 2.24) is 19.8 Å². The second-order valence-electron chi connectivity index (χ2n) is 14.7. The predicted molar refractivity (Wildman–Crippen MR) is 215 cm³/mol. The zero-order valence-corrected chi connectivity index (χ0v) is 31.7. The highest BCUT2D eigenvalue weighted by atomic mass is 16.7. The van der Waals surface area contributed by atoms with Crippen molar-refractivity contribution in [3.8, 4) is 0 Å². The largest absolute Gasteiger partial charge is 0.329 e. The quantitative estimate of drug-likeness (QED) is 0.161. The molecule has 0 aliphatic carbocycles. The number of likely N-dealkylation sites (N-methyl/N-ethyl adjacent to an activating group) is 2. The maximum absolute atomic E-state index is 13.5. The fourth-order valence-corrected chi connectivity index (χ4v) is 7.05. The van der Waals surface area contributed by atoms with Crippen molar-refractivity contribution >= 4 is 41.2 Å². The molecule has 0 spiro atoms. The molecule has 2 heterocycles. The number of hydrogen-bond donors (Lipinski definition) is 2. The van der Waals surface area contributed by atoms with Crippen molar-refractivity contribution < 1.29 is 19.2 Å². The number of likely N-dealkylation sites (tertiary alicyclic amines) is 1. The summed E-state index contributed by atoms with van der Waals surface area (Å²) in [4.78, 5) is 52.3. The average Bonchev–Trinajstić information content (AvgIpc) is 3.83. The Bertz CT molecular complexity index is 1870. The third-order valence-corrected chi connectivity index (χ3v) is 10.4. The van der Waals surface area contributed by atoms with Gasteiger partial charge in [0.2, 0.25) is 17.7 Å². The monoisotopic (exact) mass is 728 g/mol. The van der Waals surface area contributed by atoms with Gasteiger partial charge in [-0.05, 0) is 94.0 Å². The van der Waals surface area contributed by atoms with E-state index in [0.717, 1.165) is 28.8 Å². The Hall–Kier alpha value is -5.13. The number of benzene rings is 4. The van der Waals surface area contributed by atoms with E-state index >= 15 is 0 Å². The molecule has 2 saturated heterocycles. The Morgan fingerprint density at radius 3 is 1.67 bits per heavy atom. The number of rotatable bonds is 14. The third-order valence-electron chi connectivity index (χ3n) is 10.4. The van der Waals surface area contributed by atoms with Crippen LogP contribution in [0.3, 0.4) is 0 Å². The van der Waals surface area contributed by atoms with Gasteiger partial charge in [-0.15, -0.1) is 0 Å². The molecule has 3 amide bonds. The lowest BCUT2D eigenvalue weighted by Crippen LogP contribution is -2.44. The highest BCUT2D eigenvalue weighted by molar-refractivity contribution is 5.98. The molecule has 0 aromatic heterocycles. The van der Waals surface area contributed by atoms with Gasteiger partial charge < -0.3 is 25.3 Å². The third kappa shape index (κ3) is 10.3. The van der Waals surface area contributed by atoms with Gasteiger partial charge in [0.15, 0.2) is 0 Å². The normalized spacial score (nSPS) is 20.2. The Kier molecular flexibility index (Phi) is 13.1. The minimum Gasteiger partial charge on any atom is -0.329 e. The molecule has 10 heteroatoms. The zero-order chi connectivity index (χ0) is 38.0.